The molecule has 1 aliphatic rings. The Bertz CT molecular complexity index is 280. The van der Waals surface area contributed by atoms with Crippen molar-refractivity contribution < 1.29 is 0 Å². The van der Waals surface area contributed by atoms with Gasteiger partial charge in [-0.05, 0) is 43.4 Å². The summed E-state index contributed by atoms with van der Waals surface area (Å²) in [5, 5.41) is 5.96. The van der Waals surface area contributed by atoms with Crippen LogP contribution in [0.2, 0.25) is 0 Å². The summed E-state index contributed by atoms with van der Waals surface area (Å²) in [7, 11) is 0. The van der Waals surface area contributed by atoms with E-state index in [1.807, 2.05) is 23.1 Å². The van der Waals surface area contributed by atoms with Crippen molar-refractivity contribution in [1.29, 1.82) is 0 Å². The molecule has 1 aromatic rings. The van der Waals surface area contributed by atoms with Gasteiger partial charge in [-0.15, -0.1) is 11.3 Å². The highest BCUT2D eigenvalue weighted by atomic mass is 32.2. The van der Waals surface area contributed by atoms with Crippen LogP contribution in [0, 0.1) is 5.92 Å². The summed E-state index contributed by atoms with van der Waals surface area (Å²) in [6.07, 6.45) is 4.98. The summed E-state index contributed by atoms with van der Waals surface area (Å²) in [5.41, 5.74) is 0. The number of nitrogens with one attached hydrogen (secondary N) is 1. The first kappa shape index (κ1) is 11.5. The zero-order valence-electron chi connectivity index (χ0n) is 9.40. The van der Waals surface area contributed by atoms with E-state index in [0.717, 1.165) is 5.92 Å². The summed E-state index contributed by atoms with van der Waals surface area (Å²) in [4.78, 5) is 1.52. The molecule has 0 aliphatic heterocycles. The van der Waals surface area contributed by atoms with E-state index in [-0.39, 0.29) is 0 Å². The maximum absolute atomic E-state index is 3.77. The number of rotatable bonds is 6. The average molecular weight is 241 g/mol. The molecule has 0 saturated heterocycles. The minimum atomic E-state index is 0.618. The summed E-state index contributed by atoms with van der Waals surface area (Å²) < 4.78 is 0. The molecule has 1 aromatic heterocycles. The first-order valence-corrected chi connectivity index (χ1v) is 7.87. The molecule has 1 nitrogen and oxygen atoms in total. The molecule has 2 atom stereocenters. The summed E-state index contributed by atoms with van der Waals surface area (Å²) in [5.74, 6) is 2.10. The monoisotopic (exact) mass is 241 g/mol. The lowest BCUT2D eigenvalue weighted by molar-refractivity contribution is 0.445. The predicted octanol–water partition coefficient (Wildman–Crippen LogP) is 3.54. The fourth-order valence-corrected chi connectivity index (χ4v) is 3.43. The van der Waals surface area contributed by atoms with Crippen LogP contribution >= 0.6 is 23.1 Å². The predicted molar refractivity (Wildman–Crippen MR) is 70.8 cm³/mol. The van der Waals surface area contributed by atoms with E-state index in [1.165, 1.54) is 23.5 Å². The van der Waals surface area contributed by atoms with E-state index in [9.17, 15) is 0 Å². The third kappa shape index (κ3) is 3.23. The molecule has 2 unspecified atom stereocenters. The highest BCUT2D eigenvalue weighted by Crippen LogP contribution is 2.42. The highest BCUT2D eigenvalue weighted by molar-refractivity contribution is 7.98. The number of thiophene rings is 1. The quantitative estimate of drug-likeness (QED) is 0.817. The number of hydrogen-bond donors (Lipinski definition) is 1. The van der Waals surface area contributed by atoms with Gasteiger partial charge in [-0.3, -0.25) is 0 Å². The molecular formula is C12H19NS2. The number of hydrogen-bond acceptors (Lipinski definition) is 3. The number of thioether (sulfide) groups is 1. The molecule has 1 heterocycles. The van der Waals surface area contributed by atoms with Crippen LogP contribution in [-0.2, 0) is 0 Å². The minimum Gasteiger partial charge on any atom is -0.306 e. The van der Waals surface area contributed by atoms with Crippen LogP contribution < -0.4 is 5.32 Å². The Morgan fingerprint density at radius 3 is 2.93 bits per heavy atom. The highest BCUT2D eigenvalue weighted by Gasteiger charge is 2.33. The van der Waals surface area contributed by atoms with Crippen molar-refractivity contribution >= 4 is 23.1 Å². The van der Waals surface area contributed by atoms with Gasteiger partial charge in [0.25, 0.3) is 0 Å². The maximum Gasteiger partial charge on any atom is 0.0445 e. The van der Waals surface area contributed by atoms with Gasteiger partial charge in [-0.1, -0.05) is 6.07 Å². The Hall–Kier alpha value is 0.01000. The molecule has 3 heteroatoms. The van der Waals surface area contributed by atoms with Gasteiger partial charge >= 0.3 is 0 Å². The van der Waals surface area contributed by atoms with Gasteiger partial charge in [0, 0.05) is 22.7 Å². The SMILES string of the molecule is CSCC(C)NC(c1cccs1)C1CC1. The molecule has 84 valence electrons. The zero-order chi connectivity index (χ0) is 10.7. The topological polar surface area (TPSA) is 12.0 Å². The fourth-order valence-electron chi connectivity index (χ4n) is 1.95. The molecule has 15 heavy (non-hydrogen) atoms. The van der Waals surface area contributed by atoms with Crippen molar-refractivity contribution in [3.05, 3.63) is 22.4 Å². The Kier molecular flexibility index (Phi) is 4.12. The zero-order valence-corrected chi connectivity index (χ0v) is 11.0. The van der Waals surface area contributed by atoms with Crippen LogP contribution in [0.5, 0.6) is 0 Å². The summed E-state index contributed by atoms with van der Waals surface area (Å²) in [6, 6.07) is 5.67. The van der Waals surface area contributed by atoms with Crippen molar-refractivity contribution in [3.8, 4) is 0 Å². The van der Waals surface area contributed by atoms with Gasteiger partial charge in [-0.25, -0.2) is 0 Å². The molecular weight excluding hydrogens is 222 g/mol. The lowest BCUT2D eigenvalue weighted by Gasteiger charge is -2.21. The van der Waals surface area contributed by atoms with E-state index >= 15 is 0 Å². The second kappa shape index (κ2) is 5.37. The normalized spacial score (nSPS) is 20.1. The molecule has 1 aliphatic carbocycles. The molecule has 1 saturated carbocycles. The van der Waals surface area contributed by atoms with E-state index in [0.29, 0.717) is 12.1 Å². The van der Waals surface area contributed by atoms with Crippen LogP contribution in [0.1, 0.15) is 30.7 Å². The van der Waals surface area contributed by atoms with Crippen LogP contribution in [0.3, 0.4) is 0 Å². The molecule has 0 spiro atoms. The molecule has 2 rings (SSSR count). The lowest BCUT2D eigenvalue weighted by atomic mass is 10.1. The van der Waals surface area contributed by atoms with Gasteiger partial charge in [-0.2, -0.15) is 11.8 Å². The fraction of sp³-hybridized carbons (Fsp3) is 0.667. The maximum atomic E-state index is 3.77. The molecule has 0 aromatic carbocycles. The summed E-state index contributed by atoms with van der Waals surface area (Å²) >= 11 is 3.81. The van der Waals surface area contributed by atoms with Crippen molar-refractivity contribution in [2.24, 2.45) is 5.92 Å². The first-order valence-electron chi connectivity index (χ1n) is 5.59. The Morgan fingerprint density at radius 1 is 1.60 bits per heavy atom. The molecule has 0 amide bonds. The standard InChI is InChI=1S/C12H19NS2/c1-9(8-14-2)13-12(10-5-6-10)11-4-3-7-15-11/h3-4,7,9-10,12-13H,5-6,8H2,1-2H3. The van der Waals surface area contributed by atoms with Crippen molar-refractivity contribution in [3.63, 3.8) is 0 Å². The summed E-state index contributed by atoms with van der Waals surface area (Å²) in [6.45, 7) is 2.29. The van der Waals surface area contributed by atoms with Gasteiger partial charge in [0.05, 0.1) is 0 Å². The second-order valence-electron chi connectivity index (χ2n) is 4.35. The van der Waals surface area contributed by atoms with Gasteiger partial charge < -0.3 is 5.32 Å². The minimum absolute atomic E-state index is 0.618. The van der Waals surface area contributed by atoms with Gasteiger partial charge in [0.2, 0.25) is 0 Å². The molecule has 1 fully saturated rings. The van der Waals surface area contributed by atoms with Crippen LogP contribution in [-0.4, -0.2) is 18.1 Å². The van der Waals surface area contributed by atoms with Gasteiger partial charge in [0.15, 0.2) is 0 Å². The Morgan fingerprint density at radius 2 is 2.40 bits per heavy atom. The third-order valence-electron chi connectivity index (χ3n) is 2.82. The second-order valence-corrected chi connectivity index (χ2v) is 6.24. The Balaban J connectivity index is 1.95. The van der Waals surface area contributed by atoms with E-state index in [1.54, 1.807) is 0 Å². The smallest absolute Gasteiger partial charge is 0.0445 e. The van der Waals surface area contributed by atoms with Gasteiger partial charge in [0.1, 0.15) is 0 Å². The van der Waals surface area contributed by atoms with E-state index < -0.39 is 0 Å². The van der Waals surface area contributed by atoms with E-state index in [4.69, 9.17) is 0 Å². The van der Waals surface area contributed by atoms with Crippen LogP contribution in [0.15, 0.2) is 17.5 Å². The van der Waals surface area contributed by atoms with E-state index in [2.05, 4.69) is 36.0 Å². The average Bonchev–Trinajstić information content (AvgIpc) is 2.90. The van der Waals surface area contributed by atoms with Crippen molar-refractivity contribution in [1.82, 2.24) is 5.32 Å². The molecule has 1 N–H and O–H groups in total. The van der Waals surface area contributed by atoms with Crippen molar-refractivity contribution in [2.75, 3.05) is 12.0 Å². The van der Waals surface area contributed by atoms with Crippen molar-refractivity contribution in [2.45, 2.75) is 31.8 Å². The first-order chi connectivity index (χ1) is 7.31. The van der Waals surface area contributed by atoms with Crippen LogP contribution in [0.25, 0.3) is 0 Å². The molecule has 0 bridgehead atoms. The lowest BCUT2D eigenvalue weighted by Crippen LogP contribution is -2.33. The largest absolute Gasteiger partial charge is 0.306 e. The Labute approximate surface area is 101 Å². The molecule has 0 radical (unpaired) electrons. The third-order valence-corrected chi connectivity index (χ3v) is 4.61. The van der Waals surface area contributed by atoms with Crippen LogP contribution in [0.4, 0.5) is 0 Å².